The van der Waals surface area contributed by atoms with Crippen LogP contribution in [0.25, 0.3) is 0 Å². The minimum absolute atomic E-state index is 0.140. The van der Waals surface area contributed by atoms with Crippen molar-refractivity contribution >= 4 is 11.6 Å². The van der Waals surface area contributed by atoms with Crippen LogP contribution in [0.2, 0.25) is 0 Å². The van der Waals surface area contributed by atoms with Crippen LogP contribution < -0.4 is 15.5 Å². The van der Waals surface area contributed by atoms with Crippen LogP contribution in [-0.2, 0) is 4.79 Å². The fraction of sp³-hybridized carbons (Fsp3) is 0.588. The number of para-hydroxylation sites is 1. The highest BCUT2D eigenvalue weighted by Gasteiger charge is 2.28. The molecule has 116 valence electrons. The second-order valence-corrected chi connectivity index (χ2v) is 5.80. The maximum Gasteiger partial charge on any atom is 0.224 e. The van der Waals surface area contributed by atoms with Gasteiger partial charge < -0.3 is 15.5 Å². The van der Waals surface area contributed by atoms with E-state index in [4.69, 9.17) is 0 Å². The molecular weight excluding hydrogens is 262 g/mol. The van der Waals surface area contributed by atoms with Gasteiger partial charge in [0.25, 0.3) is 0 Å². The first kappa shape index (κ1) is 15.8. The molecule has 21 heavy (non-hydrogen) atoms. The highest BCUT2D eigenvalue weighted by Crippen LogP contribution is 2.16. The molecule has 0 aromatic heterocycles. The van der Waals surface area contributed by atoms with Gasteiger partial charge in [0.05, 0.1) is 5.92 Å². The third-order valence-corrected chi connectivity index (χ3v) is 4.26. The van der Waals surface area contributed by atoms with Crippen LogP contribution in [0, 0.1) is 11.8 Å². The van der Waals surface area contributed by atoms with Crippen molar-refractivity contribution in [2.75, 3.05) is 37.6 Å². The highest BCUT2D eigenvalue weighted by molar-refractivity contribution is 5.79. The van der Waals surface area contributed by atoms with Crippen LogP contribution in [0.1, 0.15) is 20.3 Å². The fourth-order valence-electron chi connectivity index (χ4n) is 2.88. The van der Waals surface area contributed by atoms with E-state index in [2.05, 4.69) is 53.6 Å². The number of nitrogens with zero attached hydrogens (tertiary/aromatic N) is 1. The lowest BCUT2D eigenvalue weighted by molar-refractivity contribution is -0.125. The molecule has 1 aliphatic rings. The quantitative estimate of drug-likeness (QED) is 0.753. The minimum Gasteiger partial charge on any atom is -0.372 e. The molecule has 2 rings (SSSR count). The first-order valence-electron chi connectivity index (χ1n) is 8.00. The summed E-state index contributed by atoms with van der Waals surface area (Å²) in [6.45, 7) is 8.79. The molecule has 4 heteroatoms. The maximum absolute atomic E-state index is 12.1. The fourth-order valence-corrected chi connectivity index (χ4v) is 2.88. The molecule has 0 bridgehead atoms. The first-order chi connectivity index (χ1) is 10.2. The third-order valence-electron chi connectivity index (χ3n) is 4.26. The Balaban J connectivity index is 1.70. The molecule has 1 fully saturated rings. The number of anilines is 1. The summed E-state index contributed by atoms with van der Waals surface area (Å²) in [6, 6.07) is 10.4. The van der Waals surface area contributed by atoms with Crippen molar-refractivity contribution in [1.29, 1.82) is 0 Å². The topological polar surface area (TPSA) is 44.4 Å². The van der Waals surface area contributed by atoms with E-state index in [1.54, 1.807) is 0 Å². The Morgan fingerprint density at radius 2 is 2.10 bits per heavy atom. The number of rotatable bonds is 7. The molecule has 1 aromatic carbocycles. The normalized spacial score (nSPS) is 21.2. The average Bonchev–Trinajstić information content (AvgIpc) is 2.94. The van der Waals surface area contributed by atoms with Gasteiger partial charge in [-0.05, 0) is 37.9 Å². The summed E-state index contributed by atoms with van der Waals surface area (Å²) >= 11 is 0. The predicted octanol–water partition coefficient (Wildman–Crippen LogP) is 1.87. The van der Waals surface area contributed by atoms with Gasteiger partial charge in [0.15, 0.2) is 0 Å². The number of hydrogen-bond donors (Lipinski definition) is 2. The Morgan fingerprint density at radius 3 is 2.71 bits per heavy atom. The Morgan fingerprint density at radius 1 is 1.33 bits per heavy atom. The molecule has 0 unspecified atom stereocenters. The third kappa shape index (κ3) is 4.46. The molecule has 1 aromatic rings. The maximum atomic E-state index is 12.1. The predicted molar refractivity (Wildman–Crippen MR) is 87.5 cm³/mol. The van der Waals surface area contributed by atoms with E-state index in [1.807, 2.05) is 6.07 Å². The van der Waals surface area contributed by atoms with Crippen LogP contribution in [0.5, 0.6) is 0 Å². The van der Waals surface area contributed by atoms with Crippen LogP contribution in [0.3, 0.4) is 0 Å². The van der Waals surface area contributed by atoms with Gasteiger partial charge in [-0.3, -0.25) is 4.79 Å². The monoisotopic (exact) mass is 289 g/mol. The van der Waals surface area contributed by atoms with Crippen LogP contribution in [0.15, 0.2) is 30.3 Å². The molecule has 0 radical (unpaired) electrons. The second kappa shape index (κ2) is 8.03. The van der Waals surface area contributed by atoms with Crippen molar-refractivity contribution in [3.63, 3.8) is 0 Å². The summed E-state index contributed by atoms with van der Waals surface area (Å²) in [5, 5.41) is 6.35. The molecule has 1 amide bonds. The summed E-state index contributed by atoms with van der Waals surface area (Å²) in [5.74, 6) is 0.790. The number of nitrogens with one attached hydrogen (secondary N) is 2. The van der Waals surface area contributed by atoms with Gasteiger partial charge in [0.2, 0.25) is 5.91 Å². The molecule has 2 N–H and O–H groups in total. The lowest BCUT2D eigenvalue weighted by Crippen LogP contribution is -2.36. The van der Waals surface area contributed by atoms with Crippen molar-refractivity contribution < 1.29 is 4.79 Å². The Bertz CT molecular complexity index is 435. The Hall–Kier alpha value is -1.55. The highest BCUT2D eigenvalue weighted by atomic mass is 16.1. The average molecular weight is 289 g/mol. The number of hydrogen-bond acceptors (Lipinski definition) is 3. The molecule has 4 nitrogen and oxygen atoms in total. The number of carbonyl (C=O) groups excluding carboxylic acids is 1. The molecule has 0 aliphatic carbocycles. The summed E-state index contributed by atoms with van der Waals surface area (Å²) in [6.07, 6.45) is 0.975. The number of benzene rings is 1. The van der Waals surface area contributed by atoms with Crippen molar-refractivity contribution in [2.45, 2.75) is 20.3 Å². The molecule has 2 atom stereocenters. The molecule has 1 aliphatic heterocycles. The van der Waals surface area contributed by atoms with E-state index in [0.717, 1.165) is 39.1 Å². The van der Waals surface area contributed by atoms with Crippen molar-refractivity contribution in [2.24, 2.45) is 11.8 Å². The van der Waals surface area contributed by atoms with Crippen LogP contribution in [-0.4, -0.2) is 38.6 Å². The van der Waals surface area contributed by atoms with Gasteiger partial charge in [-0.15, -0.1) is 0 Å². The smallest absolute Gasteiger partial charge is 0.224 e. The van der Waals surface area contributed by atoms with E-state index in [1.165, 1.54) is 5.69 Å². The van der Waals surface area contributed by atoms with E-state index in [9.17, 15) is 4.79 Å². The lowest BCUT2D eigenvalue weighted by atomic mass is 9.97. The summed E-state index contributed by atoms with van der Waals surface area (Å²) in [7, 11) is 0. The van der Waals surface area contributed by atoms with E-state index >= 15 is 0 Å². The molecule has 1 saturated heterocycles. The van der Waals surface area contributed by atoms with Gasteiger partial charge in [-0.2, -0.15) is 0 Å². The number of amides is 1. The standard InChI is InChI=1S/C17H27N3O/c1-3-20(15-8-5-4-6-9-15)11-7-10-19-17(21)16-13-18-12-14(16)2/h4-6,8-9,14,16,18H,3,7,10-13H2,1-2H3,(H,19,21)/t14-,16-/m1/s1. The van der Waals surface area contributed by atoms with E-state index < -0.39 is 0 Å². The van der Waals surface area contributed by atoms with Gasteiger partial charge in [0.1, 0.15) is 0 Å². The van der Waals surface area contributed by atoms with Gasteiger partial charge in [0, 0.05) is 31.9 Å². The zero-order chi connectivity index (χ0) is 15.1. The Kier molecular flexibility index (Phi) is 6.05. The van der Waals surface area contributed by atoms with Gasteiger partial charge in [-0.25, -0.2) is 0 Å². The molecule has 1 heterocycles. The second-order valence-electron chi connectivity index (χ2n) is 5.80. The number of carbonyl (C=O) groups is 1. The Labute approximate surface area is 127 Å². The van der Waals surface area contributed by atoms with Crippen LogP contribution >= 0.6 is 0 Å². The van der Waals surface area contributed by atoms with Crippen LogP contribution in [0.4, 0.5) is 5.69 Å². The zero-order valence-electron chi connectivity index (χ0n) is 13.1. The molecular formula is C17H27N3O. The van der Waals surface area contributed by atoms with E-state index in [0.29, 0.717) is 5.92 Å². The van der Waals surface area contributed by atoms with Gasteiger partial charge >= 0.3 is 0 Å². The molecule has 0 spiro atoms. The summed E-state index contributed by atoms with van der Waals surface area (Å²) in [4.78, 5) is 14.4. The zero-order valence-corrected chi connectivity index (χ0v) is 13.1. The van der Waals surface area contributed by atoms with E-state index in [-0.39, 0.29) is 11.8 Å². The van der Waals surface area contributed by atoms with Gasteiger partial charge in [-0.1, -0.05) is 25.1 Å². The summed E-state index contributed by atoms with van der Waals surface area (Å²) < 4.78 is 0. The molecule has 0 saturated carbocycles. The summed E-state index contributed by atoms with van der Waals surface area (Å²) in [5.41, 5.74) is 1.25. The minimum atomic E-state index is 0.140. The largest absolute Gasteiger partial charge is 0.372 e. The van der Waals surface area contributed by atoms with Crippen molar-refractivity contribution in [1.82, 2.24) is 10.6 Å². The SMILES string of the molecule is CCN(CCCNC(=O)[C@@H]1CNC[C@H]1C)c1ccccc1. The lowest BCUT2D eigenvalue weighted by Gasteiger charge is -2.23. The first-order valence-corrected chi connectivity index (χ1v) is 8.00. The van der Waals surface area contributed by atoms with Crippen molar-refractivity contribution in [3.8, 4) is 0 Å². The van der Waals surface area contributed by atoms with Crippen molar-refractivity contribution in [3.05, 3.63) is 30.3 Å².